The lowest BCUT2D eigenvalue weighted by Crippen LogP contribution is -2.22. The Morgan fingerprint density at radius 3 is 2.45 bits per heavy atom. The summed E-state index contributed by atoms with van der Waals surface area (Å²) >= 11 is 0. The lowest BCUT2D eigenvalue weighted by atomic mass is 9.95. The second kappa shape index (κ2) is 12.3. The Balaban J connectivity index is 1.84. The first kappa shape index (κ1) is 30.7. The van der Waals surface area contributed by atoms with Gasteiger partial charge in [0.25, 0.3) is 0 Å². The molecular formula is C28H26F4N2O7S. The van der Waals surface area contributed by atoms with E-state index in [9.17, 15) is 30.8 Å². The summed E-state index contributed by atoms with van der Waals surface area (Å²) in [5.74, 6) is -2.08. The molecule has 3 aromatic carbocycles. The van der Waals surface area contributed by atoms with Gasteiger partial charge in [0.1, 0.15) is 29.1 Å². The van der Waals surface area contributed by atoms with E-state index >= 15 is 0 Å². The third-order valence-electron chi connectivity index (χ3n) is 6.28. The summed E-state index contributed by atoms with van der Waals surface area (Å²) in [4.78, 5) is 16.8. The monoisotopic (exact) mass is 610 g/mol. The van der Waals surface area contributed by atoms with Crippen LogP contribution in [-0.2, 0) is 9.84 Å². The molecule has 0 aliphatic heterocycles. The molecule has 0 aliphatic rings. The molecule has 1 aromatic heterocycles. The van der Waals surface area contributed by atoms with E-state index in [0.29, 0.717) is 5.52 Å². The molecular weight excluding hydrogens is 584 g/mol. The molecule has 14 heteroatoms. The number of halogens is 4. The van der Waals surface area contributed by atoms with Crippen molar-refractivity contribution in [1.29, 1.82) is 0 Å². The van der Waals surface area contributed by atoms with E-state index in [4.69, 9.17) is 14.6 Å². The smallest absolute Gasteiger partial charge is 0.497 e. The highest BCUT2D eigenvalue weighted by Gasteiger charge is 2.32. The van der Waals surface area contributed by atoms with Crippen molar-refractivity contribution in [2.75, 3.05) is 31.9 Å². The van der Waals surface area contributed by atoms with Crippen LogP contribution in [0, 0.1) is 5.82 Å². The summed E-state index contributed by atoms with van der Waals surface area (Å²) in [6.07, 6.45) is -3.65. The average Bonchev–Trinajstić information content (AvgIpc) is 3.36. The van der Waals surface area contributed by atoms with Crippen molar-refractivity contribution in [3.8, 4) is 17.2 Å². The number of fused-ring (bicyclic) bond motifs is 1. The zero-order chi connectivity index (χ0) is 30.7. The molecule has 224 valence electrons. The molecule has 42 heavy (non-hydrogen) atoms. The number of aromatic nitrogens is 1. The Hall–Kier alpha value is -4.30. The molecule has 0 saturated carbocycles. The number of ether oxygens (including phenoxy) is 3. The number of sulfone groups is 1. The molecule has 1 heterocycles. The van der Waals surface area contributed by atoms with E-state index in [-0.39, 0.29) is 57.4 Å². The fourth-order valence-corrected chi connectivity index (χ4v) is 5.70. The first-order valence-electron chi connectivity index (χ1n) is 12.4. The summed E-state index contributed by atoms with van der Waals surface area (Å²) in [6, 6.07) is 9.58. The van der Waals surface area contributed by atoms with Crippen LogP contribution in [0.5, 0.6) is 17.2 Å². The Labute approximate surface area is 237 Å². The summed E-state index contributed by atoms with van der Waals surface area (Å²) in [7, 11) is -1.27. The molecule has 4 rings (SSSR count). The van der Waals surface area contributed by atoms with Crippen LogP contribution in [-0.4, -0.2) is 57.2 Å². The van der Waals surface area contributed by atoms with Crippen LogP contribution in [0.25, 0.3) is 10.9 Å². The zero-order valence-electron chi connectivity index (χ0n) is 22.3. The SMILES string of the molecule is COc1cc(NC(C(=O)c2c[nH]c3ccc(OC(F)(F)F)cc23)c2ccc(F)cc2OC)cc(S(=O)(=O)CCCO)c1. The van der Waals surface area contributed by atoms with Crippen LogP contribution in [0.1, 0.15) is 28.4 Å². The highest BCUT2D eigenvalue weighted by Crippen LogP contribution is 2.36. The van der Waals surface area contributed by atoms with Gasteiger partial charge in [-0.15, -0.1) is 13.2 Å². The number of hydrogen-bond donors (Lipinski definition) is 3. The fourth-order valence-electron chi connectivity index (χ4n) is 4.36. The number of aliphatic hydroxyl groups is 1. The van der Waals surface area contributed by atoms with Gasteiger partial charge in [0.2, 0.25) is 0 Å². The van der Waals surface area contributed by atoms with Crippen molar-refractivity contribution in [2.45, 2.75) is 23.7 Å². The topological polar surface area (TPSA) is 127 Å². The molecule has 4 aromatic rings. The van der Waals surface area contributed by atoms with Crippen molar-refractivity contribution in [3.05, 3.63) is 77.7 Å². The number of carbonyl (C=O) groups excluding carboxylic acids is 1. The molecule has 1 unspecified atom stereocenters. The van der Waals surface area contributed by atoms with Gasteiger partial charge in [-0.2, -0.15) is 0 Å². The van der Waals surface area contributed by atoms with Crippen LogP contribution in [0.4, 0.5) is 23.2 Å². The number of nitrogens with one attached hydrogen (secondary N) is 2. The number of H-pyrrole nitrogens is 1. The maximum Gasteiger partial charge on any atom is 0.573 e. The molecule has 9 nitrogen and oxygen atoms in total. The van der Waals surface area contributed by atoms with Gasteiger partial charge < -0.3 is 29.6 Å². The van der Waals surface area contributed by atoms with Gasteiger partial charge in [0.05, 0.1) is 24.9 Å². The summed E-state index contributed by atoms with van der Waals surface area (Å²) in [5, 5.41) is 12.2. The number of anilines is 1. The molecule has 0 spiro atoms. The van der Waals surface area contributed by atoms with Crippen LogP contribution in [0.3, 0.4) is 0 Å². The second-order valence-electron chi connectivity index (χ2n) is 9.08. The number of rotatable bonds is 12. The van der Waals surface area contributed by atoms with Gasteiger partial charge in [-0.1, -0.05) is 0 Å². The van der Waals surface area contributed by atoms with E-state index in [0.717, 1.165) is 24.3 Å². The first-order chi connectivity index (χ1) is 19.8. The summed E-state index contributed by atoms with van der Waals surface area (Å²) < 4.78 is 93.0. The van der Waals surface area contributed by atoms with Crippen molar-refractivity contribution >= 4 is 32.2 Å². The van der Waals surface area contributed by atoms with Gasteiger partial charge in [0, 0.05) is 52.7 Å². The van der Waals surface area contributed by atoms with Crippen LogP contribution in [0.15, 0.2) is 65.7 Å². The third kappa shape index (κ3) is 6.94. The Morgan fingerprint density at radius 1 is 1.02 bits per heavy atom. The Morgan fingerprint density at radius 2 is 1.79 bits per heavy atom. The lowest BCUT2D eigenvalue weighted by molar-refractivity contribution is -0.274. The number of methoxy groups -OCH3 is 2. The number of hydrogen-bond acceptors (Lipinski definition) is 8. The average molecular weight is 611 g/mol. The minimum Gasteiger partial charge on any atom is -0.497 e. The molecule has 1 atom stereocenters. The minimum absolute atomic E-state index is 0.00318. The summed E-state index contributed by atoms with van der Waals surface area (Å²) in [5.41, 5.74) is 0.604. The molecule has 3 N–H and O–H groups in total. The lowest BCUT2D eigenvalue weighted by Gasteiger charge is -2.22. The minimum atomic E-state index is -4.96. The van der Waals surface area contributed by atoms with Crippen molar-refractivity contribution in [3.63, 3.8) is 0 Å². The van der Waals surface area contributed by atoms with Crippen LogP contribution >= 0.6 is 0 Å². The Bertz CT molecular complexity index is 1700. The number of carbonyl (C=O) groups is 1. The number of aliphatic hydroxyl groups excluding tert-OH is 1. The van der Waals surface area contributed by atoms with E-state index < -0.39 is 39.6 Å². The van der Waals surface area contributed by atoms with Crippen LogP contribution < -0.4 is 19.5 Å². The number of ketones is 1. The number of aromatic amines is 1. The van der Waals surface area contributed by atoms with Crippen LogP contribution in [0.2, 0.25) is 0 Å². The van der Waals surface area contributed by atoms with Crippen molar-refractivity contribution < 1.29 is 50.1 Å². The zero-order valence-corrected chi connectivity index (χ0v) is 23.1. The van der Waals surface area contributed by atoms with E-state index in [1.54, 1.807) is 0 Å². The summed E-state index contributed by atoms with van der Waals surface area (Å²) in [6.45, 7) is -0.338. The Kier molecular flexibility index (Phi) is 8.97. The van der Waals surface area contributed by atoms with Gasteiger partial charge in [-0.05, 0) is 48.9 Å². The second-order valence-corrected chi connectivity index (χ2v) is 11.2. The van der Waals surface area contributed by atoms with E-state index in [2.05, 4.69) is 15.0 Å². The number of alkyl halides is 3. The molecule has 0 amide bonds. The van der Waals surface area contributed by atoms with Gasteiger partial charge in [0.15, 0.2) is 15.6 Å². The number of benzene rings is 3. The molecule has 0 saturated heterocycles. The third-order valence-corrected chi connectivity index (χ3v) is 8.06. The molecule has 0 bridgehead atoms. The maximum atomic E-state index is 14.1. The van der Waals surface area contributed by atoms with Crippen molar-refractivity contribution in [1.82, 2.24) is 4.98 Å². The number of Topliss-reactive ketones (excluding diaryl/α,β-unsaturated/α-hetero) is 1. The standard InChI is InChI=1S/C28H26F4N2O7S/c1-39-19-11-17(12-20(13-19)42(37,38)9-3-8-35)34-26(21-6-4-16(29)10-25(21)40-2)27(36)23-15-33-24-7-5-18(14-22(23)24)41-28(30,31)32/h4-7,10-15,26,33-35H,3,8-9H2,1-2H3. The van der Waals surface area contributed by atoms with Gasteiger partial charge in [-0.3, -0.25) is 4.79 Å². The molecule has 0 radical (unpaired) electrons. The predicted molar refractivity (Wildman–Crippen MR) is 145 cm³/mol. The predicted octanol–water partition coefficient (Wildman–Crippen LogP) is 5.42. The quantitative estimate of drug-likeness (QED) is 0.144. The fraction of sp³-hybridized carbons (Fsp3) is 0.250. The van der Waals surface area contributed by atoms with Gasteiger partial charge in [-0.25, -0.2) is 12.8 Å². The van der Waals surface area contributed by atoms with E-state index in [1.807, 2.05) is 0 Å². The molecule has 0 aliphatic carbocycles. The molecule has 0 fully saturated rings. The van der Waals surface area contributed by atoms with Crippen molar-refractivity contribution in [2.24, 2.45) is 0 Å². The highest BCUT2D eigenvalue weighted by atomic mass is 32.2. The highest BCUT2D eigenvalue weighted by molar-refractivity contribution is 7.91. The maximum absolute atomic E-state index is 14.1. The largest absolute Gasteiger partial charge is 0.573 e. The van der Waals surface area contributed by atoms with E-state index in [1.165, 1.54) is 50.7 Å². The normalized spacial score (nSPS) is 12.6. The first-order valence-corrected chi connectivity index (χ1v) is 14.0. The van der Waals surface area contributed by atoms with Gasteiger partial charge >= 0.3 is 6.36 Å².